The zero-order valence-corrected chi connectivity index (χ0v) is 12.5. The molecule has 3 N–H and O–H groups in total. The summed E-state index contributed by atoms with van der Waals surface area (Å²) in [5.74, 6) is 0. The van der Waals surface area contributed by atoms with Crippen molar-refractivity contribution in [3.05, 3.63) is 29.8 Å². The third-order valence-corrected chi connectivity index (χ3v) is 5.07. The fourth-order valence-corrected chi connectivity index (χ4v) is 3.17. The molecule has 0 spiro atoms. The van der Waals surface area contributed by atoms with Gasteiger partial charge in [0.05, 0.1) is 18.8 Å². The van der Waals surface area contributed by atoms with Gasteiger partial charge in [-0.25, -0.2) is 0 Å². The Kier molecular flexibility index (Phi) is 7.06. The van der Waals surface area contributed by atoms with E-state index in [-0.39, 0.29) is 20.1 Å². The summed E-state index contributed by atoms with van der Waals surface area (Å²) in [6, 6.07) is 7.87. The molecule has 1 fully saturated rings. The summed E-state index contributed by atoms with van der Waals surface area (Å²) in [5.41, 5.74) is 0.952. The standard InChI is InChI=1S/C12H15IO4S.CH4/c13-18-8-3-1-7(2-4-8)10-5-9(15)12(16)11(6-14)17-10;/h1-4,9-12,14-16H,5-6H2;1H4/t9?,10?,11?,12-;/m0./s1. The molecule has 1 aliphatic rings. The van der Waals surface area contributed by atoms with E-state index in [9.17, 15) is 10.2 Å². The first-order valence-corrected chi connectivity index (χ1v) is 9.02. The van der Waals surface area contributed by atoms with Gasteiger partial charge in [0.15, 0.2) is 0 Å². The molecule has 1 saturated heterocycles. The summed E-state index contributed by atoms with van der Waals surface area (Å²) in [6.07, 6.45) is -2.55. The van der Waals surface area contributed by atoms with Crippen LogP contribution in [0.5, 0.6) is 0 Å². The minimum Gasteiger partial charge on any atom is -0.394 e. The molecule has 19 heavy (non-hydrogen) atoms. The lowest BCUT2D eigenvalue weighted by Crippen LogP contribution is -2.47. The molecule has 0 amide bonds. The monoisotopic (exact) mass is 398 g/mol. The van der Waals surface area contributed by atoms with E-state index in [1.165, 1.54) is 0 Å². The molecule has 1 heterocycles. The van der Waals surface area contributed by atoms with Crippen molar-refractivity contribution in [1.29, 1.82) is 0 Å². The molecular weight excluding hydrogens is 379 g/mol. The van der Waals surface area contributed by atoms with Crippen LogP contribution < -0.4 is 0 Å². The minimum absolute atomic E-state index is 0. The van der Waals surface area contributed by atoms with Gasteiger partial charge >= 0.3 is 0 Å². The van der Waals surface area contributed by atoms with Crippen LogP contribution in [0.1, 0.15) is 25.5 Å². The molecule has 2 rings (SSSR count). The van der Waals surface area contributed by atoms with Crippen LogP contribution in [0.25, 0.3) is 0 Å². The number of rotatable bonds is 3. The van der Waals surface area contributed by atoms with Crippen molar-refractivity contribution >= 4 is 30.1 Å². The molecule has 0 saturated carbocycles. The molecule has 6 heteroatoms. The maximum atomic E-state index is 9.77. The van der Waals surface area contributed by atoms with Crippen LogP contribution in [-0.4, -0.2) is 40.2 Å². The lowest BCUT2D eigenvalue weighted by Gasteiger charge is -2.36. The second-order valence-electron chi connectivity index (χ2n) is 4.29. The first kappa shape index (κ1) is 17.2. The Hall–Kier alpha value is 0.140. The summed E-state index contributed by atoms with van der Waals surface area (Å²) < 4.78 is 5.61. The SMILES string of the molecule is C.OCC1OC(c2ccc(SI)cc2)CC(O)[C@@H]1O. The van der Waals surface area contributed by atoms with Gasteiger partial charge in [0.25, 0.3) is 0 Å². The summed E-state index contributed by atoms with van der Waals surface area (Å²) in [4.78, 5) is 1.15. The van der Waals surface area contributed by atoms with E-state index in [4.69, 9.17) is 9.84 Å². The average molecular weight is 398 g/mol. The quantitative estimate of drug-likeness (QED) is 0.682. The number of halogens is 1. The van der Waals surface area contributed by atoms with Gasteiger partial charge in [0.1, 0.15) is 12.2 Å². The third-order valence-electron chi connectivity index (χ3n) is 3.09. The van der Waals surface area contributed by atoms with Gasteiger partial charge in [-0.3, -0.25) is 0 Å². The molecule has 0 bridgehead atoms. The largest absolute Gasteiger partial charge is 0.394 e. The van der Waals surface area contributed by atoms with Crippen molar-refractivity contribution in [2.24, 2.45) is 0 Å². The Balaban J connectivity index is 0.00000180. The van der Waals surface area contributed by atoms with Gasteiger partial charge in [-0.05, 0) is 17.7 Å². The number of benzene rings is 1. The molecule has 4 nitrogen and oxygen atoms in total. The van der Waals surface area contributed by atoms with Gasteiger partial charge in [0.2, 0.25) is 0 Å². The topological polar surface area (TPSA) is 69.9 Å². The molecule has 1 aromatic rings. The van der Waals surface area contributed by atoms with Crippen molar-refractivity contribution in [3.63, 3.8) is 0 Å². The number of hydrogen-bond acceptors (Lipinski definition) is 5. The number of hydrogen-bond donors (Lipinski definition) is 3. The summed E-state index contributed by atoms with van der Waals surface area (Å²) in [5, 5.41) is 28.5. The zero-order valence-electron chi connectivity index (χ0n) is 9.57. The lowest BCUT2D eigenvalue weighted by atomic mass is 9.94. The molecular formula is C13H19IO4S. The fourth-order valence-electron chi connectivity index (χ4n) is 2.05. The predicted octanol–water partition coefficient (Wildman–Crippen LogP) is 2.31. The second kappa shape index (κ2) is 7.80. The normalized spacial score (nSPS) is 30.7. The maximum absolute atomic E-state index is 9.77. The first-order chi connectivity index (χ1) is 8.65. The molecule has 0 aromatic heterocycles. The van der Waals surface area contributed by atoms with Crippen LogP contribution in [0.15, 0.2) is 29.2 Å². The molecule has 1 aliphatic heterocycles. The van der Waals surface area contributed by atoms with E-state index in [0.717, 1.165) is 10.5 Å². The Morgan fingerprint density at radius 1 is 1.26 bits per heavy atom. The molecule has 1 aromatic carbocycles. The molecule has 3 unspecified atom stereocenters. The van der Waals surface area contributed by atoms with E-state index in [1.807, 2.05) is 24.3 Å². The van der Waals surface area contributed by atoms with Crippen LogP contribution in [0.2, 0.25) is 0 Å². The van der Waals surface area contributed by atoms with Crippen molar-refractivity contribution in [1.82, 2.24) is 0 Å². The van der Waals surface area contributed by atoms with Gasteiger partial charge in [-0.1, -0.05) is 28.5 Å². The van der Waals surface area contributed by atoms with E-state index >= 15 is 0 Å². The third kappa shape index (κ3) is 4.05. The van der Waals surface area contributed by atoms with Crippen molar-refractivity contribution in [3.8, 4) is 0 Å². The van der Waals surface area contributed by atoms with Gasteiger partial charge in [-0.2, -0.15) is 0 Å². The molecule has 108 valence electrons. The second-order valence-corrected chi connectivity index (χ2v) is 6.23. The Bertz CT molecular complexity index is 387. The van der Waals surface area contributed by atoms with Crippen LogP contribution >= 0.6 is 30.1 Å². The molecule has 0 radical (unpaired) electrons. The highest BCUT2D eigenvalue weighted by Crippen LogP contribution is 2.33. The van der Waals surface area contributed by atoms with E-state index < -0.39 is 18.3 Å². The van der Waals surface area contributed by atoms with Crippen LogP contribution in [0, 0.1) is 0 Å². The zero-order chi connectivity index (χ0) is 13.1. The minimum atomic E-state index is -1.02. The first-order valence-electron chi connectivity index (χ1n) is 5.66. The van der Waals surface area contributed by atoms with Crippen molar-refractivity contribution < 1.29 is 20.1 Å². The summed E-state index contributed by atoms with van der Waals surface area (Å²) in [6.45, 7) is -0.295. The summed E-state index contributed by atoms with van der Waals surface area (Å²) in [7, 11) is 1.63. The van der Waals surface area contributed by atoms with Crippen molar-refractivity contribution in [2.75, 3.05) is 6.61 Å². The molecule has 0 aliphatic carbocycles. The van der Waals surface area contributed by atoms with Crippen LogP contribution in [-0.2, 0) is 4.74 Å². The van der Waals surface area contributed by atoms with E-state index in [0.29, 0.717) is 6.42 Å². The smallest absolute Gasteiger partial charge is 0.110 e. The van der Waals surface area contributed by atoms with Gasteiger partial charge in [0, 0.05) is 32.5 Å². The van der Waals surface area contributed by atoms with Gasteiger partial charge < -0.3 is 20.1 Å². The number of aliphatic hydroxyl groups is 3. The highest BCUT2D eigenvalue weighted by atomic mass is 127. The van der Waals surface area contributed by atoms with Crippen molar-refractivity contribution in [2.45, 2.75) is 43.2 Å². The van der Waals surface area contributed by atoms with Gasteiger partial charge in [-0.15, -0.1) is 0 Å². The van der Waals surface area contributed by atoms with Crippen LogP contribution in [0.3, 0.4) is 0 Å². The Morgan fingerprint density at radius 2 is 1.89 bits per heavy atom. The maximum Gasteiger partial charge on any atom is 0.110 e. The molecule has 4 atom stereocenters. The summed E-state index contributed by atoms with van der Waals surface area (Å²) >= 11 is 2.21. The lowest BCUT2D eigenvalue weighted by molar-refractivity contribution is -0.181. The van der Waals surface area contributed by atoms with E-state index in [2.05, 4.69) is 21.2 Å². The number of aliphatic hydroxyl groups excluding tert-OH is 3. The highest BCUT2D eigenvalue weighted by Gasteiger charge is 2.36. The Morgan fingerprint density at radius 3 is 2.42 bits per heavy atom. The van der Waals surface area contributed by atoms with Crippen LogP contribution in [0.4, 0.5) is 0 Å². The Labute approximate surface area is 129 Å². The average Bonchev–Trinajstić information content (AvgIpc) is 2.42. The highest BCUT2D eigenvalue weighted by molar-refractivity contribution is 14.2. The number of ether oxygens (including phenoxy) is 1. The predicted molar refractivity (Wildman–Crippen MR) is 84.4 cm³/mol. The van der Waals surface area contributed by atoms with E-state index in [1.54, 1.807) is 8.93 Å². The fraction of sp³-hybridized carbons (Fsp3) is 0.538.